The number of benzene rings is 2. The van der Waals surface area contributed by atoms with E-state index in [1.807, 2.05) is 79.2 Å². The van der Waals surface area contributed by atoms with E-state index in [9.17, 15) is 9.59 Å². The molecular weight excluding hydrogens is 509 g/mol. The highest BCUT2D eigenvalue weighted by Crippen LogP contribution is 2.26. The number of carbonyl (C=O) groups is 2. The molecule has 0 bridgehead atoms. The van der Waals surface area contributed by atoms with Crippen LogP contribution in [0.5, 0.6) is 0 Å². The molecule has 2 heterocycles. The average Bonchev–Trinajstić information content (AvgIpc) is 3.15. The number of amides is 2. The number of anilines is 1. The minimum atomic E-state index is -0.499. The maximum absolute atomic E-state index is 13.3. The van der Waals surface area contributed by atoms with Crippen molar-refractivity contribution in [1.29, 1.82) is 0 Å². The van der Waals surface area contributed by atoms with Crippen LogP contribution in [0.2, 0.25) is 0 Å². The second-order valence-corrected chi connectivity index (χ2v) is 8.66. The van der Waals surface area contributed by atoms with Crippen molar-refractivity contribution in [2.75, 3.05) is 4.90 Å². The van der Waals surface area contributed by atoms with Crippen LogP contribution >= 0.6 is 34.8 Å². The van der Waals surface area contributed by atoms with E-state index in [0.717, 1.165) is 26.1 Å². The topological polar surface area (TPSA) is 54.3 Å². The molecule has 2 amide bonds. The highest BCUT2D eigenvalue weighted by molar-refractivity contribution is 14.1. The molecule has 0 radical (unpaired) electrons. The smallest absolute Gasteiger partial charge is 0.270 e. The van der Waals surface area contributed by atoms with Gasteiger partial charge in [-0.15, -0.1) is 0 Å². The molecule has 1 aliphatic rings. The first kappa shape index (κ1) is 20.5. The van der Waals surface area contributed by atoms with Gasteiger partial charge in [0.1, 0.15) is 5.57 Å². The standard InChI is InChI=1S/C23H18IN3O2S/c1-14-5-10-20(15(2)12-14)27-22(29)19(21(28)25-23(27)30)13-18-4-3-11-26(18)17-8-6-16(24)7-9-17/h3-13H,1-2H3,(H,25,28,30)/b19-13+. The van der Waals surface area contributed by atoms with Crippen LogP contribution in [0.25, 0.3) is 11.8 Å². The molecule has 0 spiro atoms. The fraction of sp³-hybridized carbons (Fsp3) is 0.0870. The average molecular weight is 527 g/mol. The van der Waals surface area contributed by atoms with Gasteiger partial charge >= 0.3 is 0 Å². The number of nitrogens with one attached hydrogen (secondary N) is 1. The third-order valence-electron chi connectivity index (χ3n) is 4.87. The number of carbonyl (C=O) groups excluding carboxylic acids is 2. The number of aryl methyl sites for hydroxylation is 2. The summed E-state index contributed by atoms with van der Waals surface area (Å²) in [4.78, 5) is 27.3. The lowest BCUT2D eigenvalue weighted by molar-refractivity contribution is -0.122. The molecule has 1 saturated heterocycles. The van der Waals surface area contributed by atoms with Crippen molar-refractivity contribution >= 4 is 63.5 Å². The Balaban J connectivity index is 1.76. The van der Waals surface area contributed by atoms with Gasteiger partial charge in [-0.05, 0) is 103 Å². The summed E-state index contributed by atoms with van der Waals surface area (Å²) in [5.74, 6) is -0.938. The van der Waals surface area contributed by atoms with E-state index in [1.54, 1.807) is 6.08 Å². The number of rotatable bonds is 3. The van der Waals surface area contributed by atoms with Crippen LogP contribution in [0.15, 0.2) is 66.4 Å². The highest BCUT2D eigenvalue weighted by Gasteiger charge is 2.35. The summed E-state index contributed by atoms with van der Waals surface area (Å²) in [6.07, 6.45) is 3.50. The van der Waals surface area contributed by atoms with E-state index in [0.29, 0.717) is 5.69 Å². The lowest BCUT2D eigenvalue weighted by Gasteiger charge is -2.30. The molecule has 1 N–H and O–H groups in total. The molecular formula is C23H18IN3O2S. The van der Waals surface area contributed by atoms with Gasteiger partial charge in [-0.2, -0.15) is 0 Å². The van der Waals surface area contributed by atoms with E-state index < -0.39 is 11.8 Å². The van der Waals surface area contributed by atoms with Crippen LogP contribution in [-0.4, -0.2) is 21.5 Å². The number of thiocarbonyl (C=S) groups is 1. The molecule has 5 nitrogen and oxygen atoms in total. The van der Waals surface area contributed by atoms with E-state index in [2.05, 4.69) is 27.9 Å². The molecule has 150 valence electrons. The normalized spacial score (nSPS) is 15.6. The fourth-order valence-corrected chi connectivity index (χ4v) is 4.06. The molecule has 0 atom stereocenters. The van der Waals surface area contributed by atoms with Crippen LogP contribution in [0, 0.1) is 17.4 Å². The molecule has 0 aliphatic carbocycles. The van der Waals surface area contributed by atoms with Crippen molar-refractivity contribution in [3.8, 4) is 5.69 Å². The maximum Gasteiger partial charge on any atom is 0.270 e. The Labute approximate surface area is 193 Å². The summed E-state index contributed by atoms with van der Waals surface area (Å²) in [7, 11) is 0. The first-order valence-electron chi connectivity index (χ1n) is 9.27. The molecule has 30 heavy (non-hydrogen) atoms. The number of nitrogens with zero attached hydrogens (tertiary/aromatic N) is 2. The molecule has 2 aromatic carbocycles. The van der Waals surface area contributed by atoms with Crippen LogP contribution in [0.3, 0.4) is 0 Å². The Morgan fingerprint density at radius 1 is 1.03 bits per heavy atom. The van der Waals surface area contributed by atoms with Gasteiger partial charge in [0, 0.05) is 21.1 Å². The number of hydrogen-bond acceptors (Lipinski definition) is 3. The largest absolute Gasteiger partial charge is 0.317 e. The molecule has 4 rings (SSSR count). The monoisotopic (exact) mass is 527 g/mol. The Kier molecular flexibility index (Phi) is 5.57. The molecule has 7 heteroatoms. The predicted octanol–water partition coefficient (Wildman–Crippen LogP) is 4.53. The minimum absolute atomic E-state index is 0.0361. The summed E-state index contributed by atoms with van der Waals surface area (Å²) >= 11 is 7.56. The Bertz CT molecular complexity index is 1210. The fourth-order valence-electron chi connectivity index (χ4n) is 3.43. The van der Waals surface area contributed by atoms with Gasteiger partial charge < -0.3 is 4.57 Å². The molecule has 0 unspecified atom stereocenters. The quantitative estimate of drug-likeness (QED) is 0.236. The van der Waals surface area contributed by atoms with Crippen LogP contribution in [-0.2, 0) is 9.59 Å². The molecule has 0 saturated carbocycles. The SMILES string of the molecule is Cc1ccc(N2C(=O)/C(=C/c3cccn3-c3ccc(I)cc3)C(=O)NC2=S)c(C)c1. The first-order valence-corrected chi connectivity index (χ1v) is 10.8. The van der Waals surface area contributed by atoms with Crippen LogP contribution in [0.4, 0.5) is 5.69 Å². The summed E-state index contributed by atoms with van der Waals surface area (Å²) in [6, 6.07) is 17.5. The van der Waals surface area contributed by atoms with Gasteiger partial charge in [-0.25, -0.2) is 0 Å². The number of aromatic nitrogens is 1. The second-order valence-electron chi connectivity index (χ2n) is 7.03. The minimum Gasteiger partial charge on any atom is -0.317 e. The first-order chi connectivity index (χ1) is 14.3. The summed E-state index contributed by atoms with van der Waals surface area (Å²) in [5, 5.41) is 2.73. The van der Waals surface area contributed by atoms with Gasteiger partial charge in [-0.3, -0.25) is 19.8 Å². The van der Waals surface area contributed by atoms with E-state index in [4.69, 9.17) is 12.2 Å². The Morgan fingerprint density at radius 2 is 1.77 bits per heavy atom. The maximum atomic E-state index is 13.3. The predicted molar refractivity (Wildman–Crippen MR) is 131 cm³/mol. The summed E-state index contributed by atoms with van der Waals surface area (Å²) in [5.41, 5.74) is 4.36. The van der Waals surface area contributed by atoms with Gasteiger partial charge in [0.05, 0.1) is 5.69 Å². The van der Waals surface area contributed by atoms with Gasteiger partial charge in [0.2, 0.25) is 0 Å². The lowest BCUT2D eigenvalue weighted by Crippen LogP contribution is -2.54. The van der Waals surface area contributed by atoms with E-state index in [-0.39, 0.29) is 10.7 Å². The highest BCUT2D eigenvalue weighted by atomic mass is 127. The van der Waals surface area contributed by atoms with E-state index in [1.165, 1.54) is 4.90 Å². The molecule has 1 aromatic heterocycles. The second kappa shape index (κ2) is 8.16. The zero-order valence-corrected chi connectivity index (χ0v) is 19.3. The van der Waals surface area contributed by atoms with E-state index >= 15 is 0 Å². The van der Waals surface area contributed by atoms with Gasteiger partial charge in [0.25, 0.3) is 11.8 Å². The van der Waals surface area contributed by atoms with Crippen molar-refractivity contribution in [3.05, 3.63) is 86.8 Å². The van der Waals surface area contributed by atoms with Crippen molar-refractivity contribution in [2.45, 2.75) is 13.8 Å². The van der Waals surface area contributed by atoms with Crippen LogP contribution < -0.4 is 10.2 Å². The van der Waals surface area contributed by atoms with Crippen molar-refractivity contribution < 1.29 is 9.59 Å². The third kappa shape index (κ3) is 3.82. The van der Waals surface area contributed by atoms with Crippen molar-refractivity contribution in [1.82, 2.24) is 9.88 Å². The van der Waals surface area contributed by atoms with Crippen molar-refractivity contribution in [3.63, 3.8) is 0 Å². The zero-order valence-electron chi connectivity index (χ0n) is 16.3. The van der Waals surface area contributed by atoms with Gasteiger partial charge in [-0.1, -0.05) is 17.7 Å². The molecule has 1 aliphatic heterocycles. The lowest BCUT2D eigenvalue weighted by atomic mass is 10.1. The Hall–Kier alpha value is -2.78. The van der Waals surface area contributed by atoms with Crippen molar-refractivity contribution in [2.24, 2.45) is 0 Å². The molecule has 1 fully saturated rings. The van der Waals surface area contributed by atoms with Crippen LogP contribution in [0.1, 0.15) is 16.8 Å². The summed E-state index contributed by atoms with van der Waals surface area (Å²) in [6.45, 7) is 3.90. The Morgan fingerprint density at radius 3 is 2.47 bits per heavy atom. The molecule has 3 aromatic rings. The number of hydrogen-bond donors (Lipinski definition) is 1. The summed E-state index contributed by atoms with van der Waals surface area (Å²) < 4.78 is 3.06. The zero-order chi connectivity index (χ0) is 21.4. The number of halogens is 1. The third-order valence-corrected chi connectivity index (χ3v) is 5.88. The van der Waals surface area contributed by atoms with Gasteiger partial charge in [0.15, 0.2) is 5.11 Å².